The van der Waals surface area contributed by atoms with E-state index >= 15 is 19.2 Å². The molecule has 13 amide bonds. The van der Waals surface area contributed by atoms with Gasteiger partial charge in [0.2, 0.25) is 70.9 Å². The number of nitrogens with one attached hydrogen (secondary N) is 9. The zero-order chi connectivity index (χ0) is 86.9. The maximum absolute atomic E-state index is 15.6. The summed E-state index contributed by atoms with van der Waals surface area (Å²) in [4.78, 5) is 229. The van der Waals surface area contributed by atoms with Crippen molar-refractivity contribution in [1.29, 1.82) is 0 Å². The Morgan fingerprint density at radius 3 is 1.81 bits per heavy atom. The lowest BCUT2D eigenvalue weighted by atomic mass is 9.85. The summed E-state index contributed by atoms with van der Waals surface area (Å²) < 4.78 is 11.7. The summed E-state index contributed by atoms with van der Waals surface area (Å²) in [7, 11) is 2.45. The maximum Gasteiger partial charge on any atom is 0.329 e. The van der Waals surface area contributed by atoms with E-state index in [0.717, 1.165) is 22.6 Å². The van der Waals surface area contributed by atoms with Crippen LogP contribution >= 0.6 is 0 Å². The Kier molecular flexibility index (Phi) is 44.3. The first kappa shape index (κ1) is 101. The van der Waals surface area contributed by atoms with E-state index in [-0.39, 0.29) is 102 Å². The molecule has 0 radical (unpaired) electrons. The van der Waals surface area contributed by atoms with Crippen molar-refractivity contribution < 1.29 is 117 Å². The molecule has 0 aromatic carbocycles. The molecule has 0 bridgehead atoms. The first-order valence-electron chi connectivity index (χ1n) is 39.4. The largest absolute Gasteiger partial charge is 0.481 e. The van der Waals surface area contributed by atoms with Gasteiger partial charge in [0.05, 0.1) is 37.2 Å². The number of esters is 1. The van der Waals surface area contributed by atoms with Gasteiger partial charge >= 0.3 is 17.9 Å². The van der Waals surface area contributed by atoms with Crippen molar-refractivity contribution in [3.8, 4) is 0 Å². The van der Waals surface area contributed by atoms with Gasteiger partial charge in [-0.25, -0.2) is 4.79 Å². The zero-order valence-electron chi connectivity index (χ0n) is 68.4. The van der Waals surface area contributed by atoms with Crippen molar-refractivity contribution in [3.63, 3.8) is 0 Å². The molecule has 39 nitrogen and oxygen atoms in total. The summed E-state index contributed by atoms with van der Waals surface area (Å²) in [5.41, 5.74) is 23.0. The number of hydrogen-bond donors (Lipinski definition) is 19. The van der Waals surface area contributed by atoms with Gasteiger partial charge in [-0.05, 0) is 126 Å². The fraction of sp³-hybridized carbons (Fsp3) is 0.787. The Labute approximate surface area is 666 Å². The standard InChI is InChI=1S/C75H131N15O24/c1-15-20-38(6)32-39(7)60(98)43(11)65(102)81-47(21-18-28-76)66(103)80-46(25-27-55(94)95)61(99)62(100)72(109)87-57(41(9)42(10)64(79)101)69(106)88-59-63(40(8)37(4)5)114-75(112)52-23-16-17-30-90(52)74(111)50(34-56(96)97)84-70(107)58(44(12)113-14)86-54(93)33-45(24-26-53(78)92)89(13)73(110)49(31-36(2)3)83-67(104)48(22-19-29-77)82-68(105)51(35-91)85-71(59)108/h36-52,57-63,91,98-100H,15-35,76-77H2,1-14H3,(H2,78,92)(H2,79,101)(H,80,103)(H,81,102)(H,82,105)(H,83,104)(H,84,107)(H,85,108)(H,86,93)(H,87,109)(H,88,106)(H,94,95)(H,96,97). The van der Waals surface area contributed by atoms with Crippen LogP contribution in [0.1, 0.15) is 192 Å². The fourth-order valence-corrected chi connectivity index (χ4v) is 13.7. The number of nitrogens with zero attached hydrogens (tertiary/aromatic N) is 2. The number of fused-ring (bicyclic) bond motifs is 1. The number of carbonyl (C=O) groups excluding carboxylic acids is 14. The second-order valence-electron chi connectivity index (χ2n) is 31.3. The van der Waals surface area contributed by atoms with Gasteiger partial charge in [-0.15, -0.1) is 0 Å². The molecular formula is C75H131N15O24. The van der Waals surface area contributed by atoms with Crippen LogP contribution < -0.4 is 70.8 Å². The monoisotopic (exact) mass is 1630 g/mol. The molecule has 0 saturated carbocycles. The summed E-state index contributed by atoms with van der Waals surface area (Å²) in [6.45, 7) is 17.5. The number of cyclic esters (lactones) is 1. The van der Waals surface area contributed by atoms with Crippen molar-refractivity contribution >= 4 is 94.7 Å². The lowest BCUT2D eigenvalue weighted by molar-refractivity contribution is -0.168. The molecule has 650 valence electrons. The van der Waals surface area contributed by atoms with Crippen LogP contribution in [-0.2, 0) is 86.2 Å². The number of ether oxygens (including phenoxy) is 2. The van der Waals surface area contributed by atoms with Gasteiger partial charge in [0.15, 0.2) is 6.10 Å². The summed E-state index contributed by atoms with van der Waals surface area (Å²) in [5.74, 6) is -25.3. The van der Waals surface area contributed by atoms with Crippen LogP contribution in [0, 0.1) is 47.3 Å². The van der Waals surface area contributed by atoms with E-state index in [1.54, 1.807) is 34.6 Å². The normalized spacial score (nSPS) is 24.4. The molecule has 22 atom stereocenters. The highest BCUT2D eigenvalue weighted by Crippen LogP contribution is 2.29. The smallest absolute Gasteiger partial charge is 0.329 e. The summed E-state index contributed by atoms with van der Waals surface area (Å²) in [6.07, 6.45) is -11.2. The van der Waals surface area contributed by atoms with Gasteiger partial charge in [0.1, 0.15) is 66.6 Å². The highest BCUT2D eigenvalue weighted by molar-refractivity contribution is 5.99. The van der Waals surface area contributed by atoms with Crippen LogP contribution in [0.2, 0.25) is 0 Å². The number of aliphatic carboxylic acids is 2. The van der Waals surface area contributed by atoms with Crippen molar-refractivity contribution in [3.05, 3.63) is 0 Å². The molecule has 22 unspecified atom stereocenters. The first-order chi connectivity index (χ1) is 53.3. The molecule has 2 fully saturated rings. The Morgan fingerprint density at radius 2 is 1.25 bits per heavy atom. The van der Waals surface area contributed by atoms with Gasteiger partial charge in [-0.3, -0.25) is 71.9 Å². The number of carboxylic acids is 2. The molecule has 2 saturated heterocycles. The topological polar surface area (TPSA) is 632 Å². The molecule has 0 aliphatic carbocycles. The second kappa shape index (κ2) is 49.9. The van der Waals surface area contributed by atoms with Crippen molar-refractivity contribution in [1.82, 2.24) is 57.7 Å². The minimum atomic E-state index is -2.73. The predicted molar refractivity (Wildman–Crippen MR) is 411 cm³/mol. The van der Waals surface area contributed by atoms with E-state index < -0.39 is 254 Å². The number of rotatable bonds is 40. The average Bonchev–Trinajstić information content (AvgIpc) is 0.803. The van der Waals surface area contributed by atoms with E-state index in [2.05, 4.69) is 47.9 Å². The lowest BCUT2D eigenvalue weighted by Crippen LogP contribution is -2.65. The van der Waals surface area contributed by atoms with Crippen LogP contribution in [-0.4, -0.2) is 273 Å². The van der Waals surface area contributed by atoms with Gasteiger partial charge in [0.25, 0.3) is 5.91 Å². The zero-order valence-corrected chi connectivity index (χ0v) is 68.4. The number of aliphatic hydroxyl groups excluding tert-OH is 4. The number of nitrogens with two attached hydrogens (primary N) is 4. The maximum atomic E-state index is 15.6. The number of amides is 13. The van der Waals surface area contributed by atoms with E-state index in [1.807, 2.05) is 13.8 Å². The highest BCUT2D eigenvalue weighted by Gasteiger charge is 2.48. The summed E-state index contributed by atoms with van der Waals surface area (Å²) in [5, 5.41) is 88.1. The third-order valence-corrected chi connectivity index (χ3v) is 21.5. The molecule has 2 aliphatic heterocycles. The molecule has 2 heterocycles. The van der Waals surface area contributed by atoms with Crippen LogP contribution in [0.5, 0.6) is 0 Å². The minimum absolute atomic E-state index is 0.0142. The van der Waals surface area contributed by atoms with Crippen LogP contribution in [0.3, 0.4) is 0 Å². The van der Waals surface area contributed by atoms with Gasteiger partial charge in [-0.2, -0.15) is 0 Å². The molecule has 2 rings (SSSR count). The molecule has 39 heteroatoms. The Morgan fingerprint density at radius 1 is 0.649 bits per heavy atom. The number of piperidine rings is 1. The van der Waals surface area contributed by atoms with Crippen LogP contribution in [0.15, 0.2) is 0 Å². The first-order valence-corrected chi connectivity index (χ1v) is 39.4. The summed E-state index contributed by atoms with van der Waals surface area (Å²) >= 11 is 0. The number of carboxylic acid groups (broad SMARTS) is 2. The predicted octanol–water partition coefficient (Wildman–Crippen LogP) is -3.74. The van der Waals surface area contributed by atoms with Crippen LogP contribution in [0.4, 0.5) is 0 Å². The third kappa shape index (κ3) is 32.1. The summed E-state index contributed by atoms with van der Waals surface area (Å²) in [6, 6.07) is -19.6. The SMILES string of the molecule is CCCC(C)CC(C)C(O)C(C)C(=O)NC(CCCN)C(=O)NC(CCC(=O)O)C(O)C(O)C(=O)NC(C(=O)NC1C(=O)NC(CO)C(=O)NC(CCCN)C(=O)NC(CC(C)C)C(=O)N(C)C(CCC(N)=O)CC(=O)NC(C(C)OC)C(=O)NC(CC(=O)O)C(=O)N2CCCCC2C(=O)OC1C(C)C(C)C)C(C)C(C)C(N)=O. The number of primary amides is 2. The molecule has 114 heavy (non-hydrogen) atoms. The quantitative estimate of drug-likeness (QED) is 0.0262. The third-order valence-electron chi connectivity index (χ3n) is 21.5. The van der Waals surface area contributed by atoms with E-state index in [0.29, 0.717) is 6.42 Å². The number of likely N-dealkylation sites (N-methyl/N-ethyl adjacent to an activating group) is 1. The van der Waals surface area contributed by atoms with E-state index in [1.165, 1.54) is 48.8 Å². The van der Waals surface area contributed by atoms with Gasteiger partial charge in [0, 0.05) is 51.9 Å². The number of hydrogen-bond acceptors (Lipinski definition) is 24. The number of carbonyl (C=O) groups is 16. The van der Waals surface area contributed by atoms with Crippen molar-refractivity contribution in [2.75, 3.05) is 40.4 Å². The fourth-order valence-electron chi connectivity index (χ4n) is 13.7. The van der Waals surface area contributed by atoms with Crippen LogP contribution in [0.25, 0.3) is 0 Å². The highest BCUT2D eigenvalue weighted by atomic mass is 16.5. The Bertz CT molecular complexity index is 3240. The lowest BCUT2D eigenvalue weighted by Gasteiger charge is -2.39. The van der Waals surface area contributed by atoms with E-state index in [9.17, 15) is 88.2 Å². The van der Waals surface area contributed by atoms with Crippen molar-refractivity contribution in [2.45, 2.75) is 289 Å². The molecule has 0 aromatic rings. The van der Waals surface area contributed by atoms with Gasteiger partial charge < -0.3 is 121 Å². The molecular weight excluding hydrogens is 1490 g/mol. The van der Waals surface area contributed by atoms with Gasteiger partial charge in [-0.1, -0.05) is 89.0 Å². The molecule has 0 spiro atoms. The molecule has 23 N–H and O–H groups in total. The van der Waals surface area contributed by atoms with E-state index in [4.69, 9.17) is 32.4 Å². The molecule has 0 aromatic heterocycles. The number of methoxy groups -OCH3 is 1. The average molecular weight is 1630 g/mol. The Hall–Kier alpha value is -8.76. The Balaban J connectivity index is 3.11. The minimum Gasteiger partial charge on any atom is -0.481 e. The molecule has 2 aliphatic rings. The van der Waals surface area contributed by atoms with Crippen molar-refractivity contribution in [2.24, 2.45) is 70.3 Å². The second-order valence-corrected chi connectivity index (χ2v) is 31.3. The number of aliphatic hydroxyl groups is 4.